The van der Waals surface area contributed by atoms with E-state index in [4.69, 9.17) is 5.73 Å². The molecule has 3 unspecified atom stereocenters. The van der Waals surface area contributed by atoms with E-state index in [1.54, 1.807) is 18.2 Å². The number of hydrogen-bond acceptors (Lipinski definition) is 7. The first kappa shape index (κ1) is 20.8. The van der Waals surface area contributed by atoms with Crippen LogP contribution in [0.15, 0.2) is 53.3 Å². The highest BCUT2D eigenvalue weighted by molar-refractivity contribution is 6.21. The van der Waals surface area contributed by atoms with Crippen LogP contribution in [0.4, 0.5) is 0 Å². The van der Waals surface area contributed by atoms with Crippen molar-refractivity contribution in [1.29, 1.82) is 0 Å². The van der Waals surface area contributed by atoms with Crippen molar-refractivity contribution in [1.82, 2.24) is 0 Å². The normalized spacial score (nSPS) is 24.3. The first-order valence-corrected chi connectivity index (χ1v) is 10.6. The first-order valence-electron chi connectivity index (χ1n) is 10.6. The summed E-state index contributed by atoms with van der Waals surface area (Å²) < 4.78 is 0. The number of aromatic hydroxyl groups is 2. The number of benzene rings is 2. The van der Waals surface area contributed by atoms with Gasteiger partial charge in [-0.2, -0.15) is 0 Å². The summed E-state index contributed by atoms with van der Waals surface area (Å²) in [6.07, 6.45) is 0.568. The van der Waals surface area contributed by atoms with E-state index >= 15 is 0 Å². The molecule has 5 rings (SSSR count). The van der Waals surface area contributed by atoms with Crippen LogP contribution in [0, 0.1) is 17.8 Å². The molecule has 1 fully saturated rings. The minimum Gasteiger partial charge on any atom is -0.511 e. The van der Waals surface area contributed by atoms with Crippen LogP contribution in [-0.2, 0) is 20.8 Å². The fraction of sp³-hybridized carbons (Fsp3) is 0.240. The number of rotatable bonds is 2. The molecule has 0 aliphatic heterocycles. The van der Waals surface area contributed by atoms with Gasteiger partial charge in [0.25, 0.3) is 5.91 Å². The van der Waals surface area contributed by atoms with Gasteiger partial charge in [0.1, 0.15) is 28.6 Å². The molecule has 8 nitrogen and oxygen atoms in total. The van der Waals surface area contributed by atoms with Gasteiger partial charge in [0.15, 0.2) is 11.6 Å². The van der Waals surface area contributed by atoms with Gasteiger partial charge in [0.2, 0.25) is 0 Å². The van der Waals surface area contributed by atoms with Gasteiger partial charge in [-0.05, 0) is 59.6 Å². The molecule has 0 heterocycles. The molecule has 2 aromatic rings. The Kier molecular flexibility index (Phi) is 4.56. The van der Waals surface area contributed by atoms with Crippen molar-refractivity contribution in [2.24, 2.45) is 23.5 Å². The maximum atomic E-state index is 13.4. The average molecular weight is 447 g/mol. The van der Waals surface area contributed by atoms with Crippen molar-refractivity contribution in [3.8, 4) is 22.6 Å². The van der Waals surface area contributed by atoms with Crippen molar-refractivity contribution in [2.75, 3.05) is 0 Å². The molecule has 2 aromatic carbocycles. The van der Waals surface area contributed by atoms with Gasteiger partial charge < -0.3 is 26.2 Å². The van der Waals surface area contributed by atoms with Gasteiger partial charge in [-0.15, -0.1) is 0 Å². The zero-order chi connectivity index (χ0) is 23.6. The lowest BCUT2D eigenvalue weighted by atomic mass is 9.61. The number of carbonyl (C=O) groups is 3. The van der Waals surface area contributed by atoms with E-state index in [1.807, 2.05) is 0 Å². The Labute approximate surface area is 188 Å². The van der Waals surface area contributed by atoms with Crippen LogP contribution in [0.3, 0.4) is 0 Å². The fourth-order valence-corrected chi connectivity index (χ4v) is 5.55. The number of hydrogen-bond donors (Lipinski definition) is 5. The molecule has 33 heavy (non-hydrogen) atoms. The number of allylic oxidation sites excluding steroid dienone is 2. The maximum Gasteiger partial charge on any atom is 0.255 e. The second-order valence-corrected chi connectivity index (χ2v) is 8.79. The molecule has 168 valence electrons. The predicted molar refractivity (Wildman–Crippen MR) is 117 cm³/mol. The van der Waals surface area contributed by atoms with E-state index in [-0.39, 0.29) is 34.8 Å². The highest BCUT2D eigenvalue weighted by atomic mass is 16.3. The zero-order valence-electron chi connectivity index (χ0n) is 17.4. The quantitative estimate of drug-likeness (QED) is 0.443. The number of fused-ring (bicyclic) bond motifs is 3. The molecule has 3 atom stereocenters. The predicted octanol–water partition coefficient (Wildman–Crippen LogP) is 2.68. The van der Waals surface area contributed by atoms with E-state index in [1.165, 1.54) is 18.2 Å². The van der Waals surface area contributed by atoms with Crippen LogP contribution in [0.5, 0.6) is 11.5 Å². The van der Waals surface area contributed by atoms with Crippen molar-refractivity contribution in [3.63, 3.8) is 0 Å². The topological polar surface area (TPSA) is 158 Å². The second-order valence-electron chi connectivity index (χ2n) is 8.79. The second kappa shape index (κ2) is 7.23. The van der Waals surface area contributed by atoms with Crippen LogP contribution < -0.4 is 5.73 Å². The number of carbonyl (C=O) groups excluding carboxylic acids is 3. The minimum atomic E-state index is -1.14. The number of nitrogens with two attached hydrogens (primary N) is 1. The number of phenols is 2. The summed E-state index contributed by atoms with van der Waals surface area (Å²) in [6, 6.07) is 9.64. The van der Waals surface area contributed by atoms with E-state index in [9.17, 15) is 34.8 Å². The van der Waals surface area contributed by atoms with Crippen LogP contribution in [0.2, 0.25) is 0 Å². The van der Waals surface area contributed by atoms with Crippen molar-refractivity contribution >= 4 is 23.2 Å². The van der Waals surface area contributed by atoms with Gasteiger partial charge in [-0.1, -0.05) is 18.2 Å². The Morgan fingerprint density at radius 3 is 2.30 bits per heavy atom. The Bertz CT molecular complexity index is 1300. The summed E-state index contributed by atoms with van der Waals surface area (Å²) in [7, 11) is 0. The zero-order valence-corrected chi connectivity index (χ0v) is 17.4. The van der Waals surface area contributed by atoms with E-state index in [2.05, 4.69) is 0 Å². The molecular formula is C25H21NO7. The molecule has 0 spiro atoms. The number of ketones is 2. The largest absolute Gasteiger partial charge is 0.511 e. The number of aliphatic hydroxyl groups excluding tert-OH is 2. The van der Waals surface area contributed by atoms with Crippen molar-refractivity contribution in [2.45, 2.75) is 19.3 Å². The molecule has 1 amide bonds. The summed E-state index contributed by atoms with van der Waals surface area (Å²) in [5.74, 6) is -5.44. The number of Topliss-reactive ketones (excluding diaryl/α,β-unsaturated/α-hetero) is 2. The van der Waals surface area contributed by atoms with Gasteiger partial charge in [0.05, 0.1) is 11.5 Å². The van der Waals surface area contributed by atoms with Crippen LogP contribution in [-0.4, -0.2) is 37.9 Å². The lowest BCUT2D eigenvalue weighted by molar-refractivity contribution is -0.127. The lowest BCUT2D eigenvalue weighted by Crippen LogP contribution is -2.44. The van der Waals surface area contributed by atoms with Crippen molar-refractivity contribution < 1.29 is 34.8 Å². The first-order chi connectivity index (χ1) is 15.7. The third kappa shape index (κ3) is 3.01. The molecule has 0 saturated heterocycles. The lowest BCUT2D eigenvalue weighted by Gasteiger charge is -2.41. The third-order valence-corrected chi connectivity index (χ3v) is 6.95. The fourth-order valence-electron chi connectivity index (χ4n) is 5.55. The highest BCUT2D eigenvalue weighted by Gasteiger charge is 2.50. The van der Waals surface area contributed by atoms with Gasteiger partial charge in [0, 0.05) is 12.0 Å². The van der Waals surface area contributed by atoms with Crippen LogP contribution in [0.25, 0.3) is 16.9 Å². The third-order valence-electron chi connectivity index (χ3n) is 6.95. The molecule has 3 aliphatic carbocycles. The average Bonchev–Trinajstić information content (AvgIpc) is 2.74. The number of phenolic OH excluding ortho intramolecular Hbond substituents is 2. The van der Waals surface area contributed by atoms with Crippen LogP contribution in [0.1, 0.15) is 24.0 Å². The van der Waals surface area contributed by atoms with Gasteiger partial charge >= 0.3 is 0 Å². The molecule has 1 saturated carbocycles. The smallest absolute Gasteiger partial charge is 0.255 e. The summed E-state index contributed by atoms with van der Waals surface area (Å²) in [4.78, 5) is 37.5. The number of primary amides is 1. The van der Waals surface area contributed by atoms with Crippen molar-refractivity contribution in [3.05, 3.63) is 64.4 Å². The Balaban J connectivity index is 1.67. The molecule has 8 heteroatoms. The maximum absolute atomic E-state index is 13.4. The van der Waals surface area contributed by atoms with E-state index in [0.29, 0.717) is 18.4 Å². The monoisotopic (exact) mass is 447 g/mol. The highest BCUT2D eigenvalue weighted by Crippen LogP contribution is 2.51. The summed E-state index contributed by atoms with van der Waals surface area (Å²) in [6.45, 7) is 0. The molecule has 3 aliphatic rings. The van der Waals surface area contributed by atoms with E-state index < -0.39 is 46.6 Å². The number of amides is 1. The molecule has 0 aromatic heterocycles. The van der Waals surface area contributed by atoms with Gasteiger partial charge in [-0.25, -0.2) is 0 Å². The summed E-state index contributed by atoms with van der Waals surface area (Å²) in [5, 5.41) is 41.9. The SMILES string of the molecule is NC(=O)C1=C(O)C2C(=O)C3=C(O)c4c(O)ccc(-c5ccc(O)cc5)c4CC3CC2CC1=O. The van der Waals surface area contributed by atoms with Gasteiger partial charge in [-0.3, -0.25) is 14.4 Å². The molecule has 0 bridgehead atoms. The standard InChI is InChI=1S/C25H21NO7/c26-25(33)21-17(29)9-12-7-11-8-15-14(10-1-3-13(27)4-2-10)5-6-16(28)20(15)23(31)18(11)22(30)19(12)24(21)32/h1-6,11-12,19,27-28,31-32H,7-9H2,(H2,26,33). The Hall–Kier alpha value is -4.07. The minimum absolute atomic E-state index is 0.0756. The Morgan fingerprint density at radius 2 is 1.64 bits per heavy atom. The Morgan fingerprint density at radius 1 is 0.939 bits per heavy atom. The number of aliphatic hydroxyl groups is 2. The van der Waals surface area contributed by atoms with E-state index in [0.717, 1.165) is 11.1 Å². The van der Waals surface area contributed by atoms with Crippen LogP contribution >= 0.6 is 0 Å². The summed E-state index contributed by atoms with van der Waals surface area (Å²) >= 11 is 0. The summed E-state index contributed by atoms with van der Waals surface area (Å²) in [5.41, 5.74) is 7.05. The molecule has 6 N–H and O–H groups in total. The molecule has 0 radical (unpaired) electrons. The molecular weight excluding hydrogens is 426 g/mol.